The average Bonchev–Trinajstić information content (AvgIpc) is 3.43. The van der Waals surface area contributed by atoms with Gasteiger partial charge in [-0.1, -0.05) is 23.7 Å². The Balaban J connectivity index is 1.42. The molecular formula is C21H19ClF4N2O2. The second-order valence-corrected chi connectivity index (χ2v) is 8.29. The maximum Gasteiger partial charge on any atom is 0.425 e. The SMILES string of the molecule is CC(Oc1ncc(C(=O)N2CCC3(c4ccc(F)cc4)CC3C2)cc1Cl)C(F)(F)F. The molecule has 0 bridgehead atoms. The van der Waals surface area contributed by atoms with Gasteiger partial charge in [0.25, 0.3) is 5.91 Å². The summed E-state index contributed by atoms with van der Waals surface area (Å²) in [6, 6.07) is 7.79. The first-order valence-corrected chi connectivity index (χ1v) is 9.92. The molecule has 3 unspecified atom stereocenters. The molecule has 2 aliphatic rings. The Morgan fingerprint density at radius 3 is 2.63 bits per heavy atom. The van der Waals surface area contributed by atoms with Crippen molar-refractivity contribution in [3.05, 3.63) is 58.5 Å². The van der Waals surface area contributed by atoms with Gasteiger partial charge in [-0.25, -0.2) is 9.37 Å². The van der Waals surface area contributed by atoms with Crippen molar-refractivity contribution in [3.8, 4) is 5.88 Å². The Hall–Kier alpha value is -2.35. The molecule has 9 heteroatoms. The van der Waals surface area contributed by atoms with Crippen molar-refractivity contribution in [1.29, 1.82) is 0 Å². The minimum Gasteiger partial charge on any atom is -0.464 e. The van der Waals surface area contributed by atoms with Crippen LogP contribution in [-0.2, 0) is 5.41 Å². The van der Waals surface area contributed by atoms with E-state index in [0.717, 1.165) is 25.3 Å². The van der Waals surface area contributed by atoms with Gasteiger partial charge in [0, 0.05) is 24.7 Å². The van der Waals surface area contributed by atoms with Crippen LogP contribution in [0.5, 0.6) is 5.88 Å². The molecule has 0 N–H and O–H groups in total. The molecule has 0 spiro atoms. The number of ether oxygens (including phenoxy) is 1. The number of alkyl halides is 3. The van der Waals surface area contributed by atoms with Gasteiger partial charge in [-0.3, -0.25) is 4.79 Å². The van der Waals surface area contributed by atoms with Crippen LogP contribution in [0.1, 0.15) is 35.7 Å². The second-order valence-electron chi connectivity index (χ2n) is 7.88. The van der Waals surface area contributed by atoms with Gasteiger partial charge in [0.2, 0.25) is 5.88 Å². The molecular weight excluding hydrogens is 424 g/mol. The molecule has 3 atom stereocenters. The molecule has 4 rings (SSSR count). The van der Waals surface area contributed by atoms with Crippen molar-refractivity contribution < 1.29 is 27.1 Å². The first-order chi connectivity index (χ1) is 14.1. The number of hydrogen-bond donors (Lipinski definition) is 0. The molecule has 1 aliphatic carbocycles. The molecule has 2 fully saturated rings. The van der Waals surface area contributed by atoms with E-state index in [0.29, 0.717) is 19.0 Å². The monoisotopic (exact) mass is 442 g/mol. The summed E-state index contributed by atoms with van der Waals surface area (Å²) in [5.41, 5.74) is 1.28. The molecule has 4 nitrogen and oxygen atoms in total. The first kappa shape index (κ1) is 20.9. The van der Waals surface area contributed by atoms with Crippen LogP contribution in [0.3, 0.4) is 0 Å². The lowest BCUT2D eigenvalue weighted by molar-refractivity contribution is -0.189. The van der Waals surface area contributed by atoms with Gasteiger partial charge in [-0.05, 0) is 49.4 Å². The molecule has 1 saturated carbocycles. The number of carbonyl (C=O) groups is 1. The summed E-state index contributed by atoms with van der Waals surface area (Å²) in [6.45, 7) is 1.93. The normalized spacial score (nSPS) is 24.2. The number of benzene rings is 1. The standard InChI is InChI=1S/C21H19ClF4N2O2/c1-12(21(24,25)26)30-18-17(22)8-13(10-27-18)19(29)28-7-6-20(9-15(20)11-28)14-2-4-16(23)5-3-14/h2-5,8,10,12,15H,6-7,9,11H2,1H3. The summed E-state index contributed by atoms with van der Waals surface area (Å²) in [7, 11) is 0. The number of amides is 1. The molecule has 1 aliphatic heterocycles. The minimum absolute atomic E-state index is 0.00813. The van der Waals surface area contributed by atoms with Gasteiger partial charge in [0.1, 0.15) is 10.8 Å². The van der Waals surface area contributed by atoms with E-state index in [1.807, 2.05) is 0 Å². The van der Waals surface area contributed by atoms with E-state index in [-0.39, 0.29) is 33.6 Å². The van der Waals surface area contributed by atoms with Gasteiger partial charge in [-0.15, -0.1) is 0 Å². The van der Waals surface area contributed by atoms with Crippen LogP contribution in [0.4, 0.5) is 17.6 Å². The van der Waals surface area contributed by atoms with Gasteiger partial charge >= 0.3 is 6.18 Å². The number of halogens is 5. The molecule has 0 radical (unpaired) electrons. The number of hydrogen-bond acceptors (Lipinski definition) is 3. The average molecular weight is 443 g/mol. The van der Waals surface area contributed by atoms with Crippen LogP contribution in [0.15, 0.2) is 36.5 Å². The molecule has 2 aromatic rings. The maximum atomic E-state index is 13.2. The number of fused-ring (bicyclic) bond motifs is 1. The predicted octanol–water partition coefficient (Wildman–Crippen LogP) is 5.01. The zero-order chi connectivity index (χ0) is 21.7. The molecule has 30 heavy (non-hydrogen) atoms. The lowest BCUT2D eigenvalue weighted by Crippen LogP contribution is -2.40. The number of carbonyl (C=O) groups excluding carboxylic acids is 1. The van der Waals surface area contributed by atoms with Crippen molar-refractivity contribution in [2.24, 2.45) is 5.92 Å². The van der Waals surface area contributed by atoms with Crippen LogP contribution in [0.25, 0.3) is 0 Å². The van der Waals surface area contributed by atoms with Crippen LogP contribution in [0, 0.1) is 11.7 Å². The van der Waals surface area contributed by atoms with Crippen LogP contribution < -0.4 is 4.74 Å². The Labute approximate surface area is 175 Å². The molecule has 1 aromatic carbocycles. The highest BCUT2D eigenvalue weighted by atomic mass is 35.5. The highest BCUT2D eigenvalue weighted by Gasteiger charge is 2.58. The van der Waals surface area contributed by atoms with E-state index in [4.69, 9.17) is 16.3 Å². The molecule has 1 saturated heterocycles. The van der Waals surface area contributed by atoms with Gasteiger partial charge in [0.05, 0.1) is 5.56 Å². The topological polar surface area (TPSA) is 42.4 Å². The largest absolute Gasteiger partial charge is 0.464 e. The fourth-order valence-electron chi connectivity index (χ4n) is 4.13. The van der Waals surface area contributed by atoms with Crippen molar-refractivity contribution >= 4 is 17.5 Å². The number of aromatic nitrogens is 1. The summed E-state index contributed by atoms with van der Waals surface area (Å²) >= 11 is 6.00. The smallest absolute Gasteiger partial charge is 0.425 e. The Bertz CT molecular complexity index is 966. The van der Waals surface area contributed by atoms with Crippen molar-refractivity contribution in [2.75, 3.05) is 13.1 Å². The Morgan fingerprint density at radius 1 is 1.33 bits per heavy atom. The van der Waals surface area contributed by atoms with Crippen LogP contribution in [0.2, 0.25) is 5.02 Å². The Kier molecular flexibility index (Phi) is 5.16. The summed E-state index contributed by atoms with van der Waals surface area (Å²) in [5.74, 6) is -0.630. The lowest BCUT2D eigenvalue weighted by Gasteiger charge is -2.32. The van der Waals surface area contributed by atoms with Crippen molar-refractivity contribution in [1.82, 2.24) is 9.88 Å². The number of nitrogens with zero attached hydrogens (tertiary/aromatic N) is 2. The first-order valence-electron chi connectivity index (χ1n) is 9.54. The third kappa shape index (κ3) is 3.85. The second kappa shape index (κ2) is 7.41. The van der Waals surface area contributed by atoms with E-state index >= 15 is 0 Å². The number of pyridine rings is 1. The highest BCUT2D eigenvalue weighted by Crippen LogP contribution is 2.59. The van der Waals surface area contributed by atoms with E-state index in [1.165, 1.54) is 24.4 Å². The quantitative estimate of drug-likeness (QED) is 0.625. The van der Waals surface area contributed by atoms with Crippen LogP contribution >= 0.6 is 11.6 Å². The number of rotatable bonds is 4. The summed E-state index contributed by atoms with van der Waals surface area (Å²) in [6.07, 6.45) is -3.74. The lowest BCUT2D eigenvalue weighted by atomic mass is 9.87. The third-order valence-corrected chi connectivity index (χ3v) is 6.28. The fourth-order valence-corrected chi connectivity index (χ4v) is 4.34. The summed E-state index contributed by atoms with van der Waals surface area (Å²) < 4.78 is 55.9. The van der Waals surface area contributed by atoms with E-state index < -0.39 is 12.3 Å². The third-order valence-electron chi connectivity index (χ3n) is 6.01. The van der Waals surface area contributed by atoms with Gasteiger partial charge in [0.15, 0.2) is 6.10 Å². The zero-order valence-electron chi connectivity index (χ0n) is 16.0. The maximum absolute atomic E-state index is 13.2. The number of piperidine rings is 1. The highest BCUT2D eigenvalue weighted by molar-refractivity contribution is 6.32. The minimum atomic E-state index is -4.55. The van der Waals surface area contributed by atoms with Crippen LogP contribution in [-0.4, -0.2) is 41.2 Å². The van der Waals surface area contributed by atoms with Crippen molar-refractivity contribution in [2.45, 2.75) is 37.5 Å². The molecule has 2 heterocycles. The predicted molar refractivity (Wildman–Crippen MR) is 102 cm³/mol. The zero-order valence-corrected chi connectivity index (χ0v) is 16.8. The van der Waals surface area contributed by atoms with Crippen molar-refractivity contribution in [3.63, 3.8) is 0 Å². The number of likely N-dealkylation sites (tertiary alicyclic amines) is 1. The Morgan fingerprint density at radius 2 is 2.03 bits per heavy atom. The summed E-state index contributed by atoms with van der Waals surface area (Å²) in [5, 5.41) is -0.152. The van der Waals surface area contributed by atoms with E-state index in [9.17, 15) is 22.4 Å². The molecule has 160 valence electrons. The molecule has 1 aromatic heterocycles. The molecule has 1 amide bonds. The fraction of sp³-hybridized carbons (Fsp3) is 0.429. The summed E-state index contributed by atoms with van der Waals surface area (Å²) in [4.78, 5) is 18.4. The van der Waals surface area contributed by atoms with E-state index in [1.54, 1.807) is 17.0 Å². The van der Waals surface area contributed by atoms with Gasteiger partial charge in [-0.2, -0.15) is 13.2 Å². The van der Waals surface area contributed by atoms with E-state index in [2.05, 4.69) is 4.98 Å². The van der Waals surface area contributed by atoms with Gasteiger partial charge < -0.3 is 9.64 Å².